The third kappa shape index (κ3) is 3.05. The number of hydrogen-bond acceptors (Lipinski definition) is 2. The van der Waals surface area contributed by atoms with E-state index >= 15 is 0 Å². The van der Waals surface area contributed by atoms with Crippen LogP contribution in [0.25, 0.3) is 0 Å². The number of benzene rings is 2. The molecule has 0 atom stereocenters. The summed E-state index contributed by atoms with van der Waals surface area (Å²) < 4.78 is 0. The fourth-order valence-corrected chi connectivity index (χ4v) is 4.46. The van der Waals surface area contributed by atoms with Gasteiger partial charge in [-0.2, -0.15) is 0 Å². The quantitative estimate of drug-likeness (QED) is 0.754. The predicted molar refractivity (Wildman–Crippen MR) is 89.9 cm³/mol. The first-order chi connectivity index (χ1) is 10.8. The molecule has 1 heterocycles. The lowest BCUT2D eigenvalue weighted by atomic mass is 10.3. The first-order valence-electron chi connectivity index (χ1n) is 6.85. The van der Waals surface area contributed by atoms with Gasteiger partial charge in [-0.15, -0.1) is 0 Å². The zero-order valence-electron chi connectivity index (χ0n) is 11.8. The number of nitrogens with zero attached hydrogens (tertiary/aromatic N) is 1. The molecule has 0 aliphatic carbocycles. The van der Waals surface area contributed by atoms with Gasteiger partial charge in [0, 0.05) is 14.1 Å². The maximum atomic E-state index is 11.2. The molecule has 0 unspecified atom stereocenters. The summed E-state index contributed by atoms with van der Waals surface area (Å²) >= 11 is 0. The molecule has 1 N–H and O–H groups in total. The van der Waals surface area contributed by atoms with Crippen LogP contribution in [0, 0.1) is 0 Å². The molecule has 1 aromatic heterocycles. The number of rotatable bonds is 4. The Morgan fingerprint density at radius 1 is 0.864 bits per heavy atom. The average molecular weight is 307 g/mol. The Balaban J connectivity index is 2.14. The van der Waals surface area contributed by atoms with Gasteiger partial charge in [0.1, 0.15) is 0 Å². The zero-order valence-corrected chi connectivity index (χ0v) is 12.6. The number of carboxylic acids is 1. The van der Waals surface area contributed by atoms with E-state index in [-0.39, 0.29) is 5.56 Å². The van der Waals surface area contributed by atoms with E-state index in [0.717, 1.165) is 16.0 Å². The van der Waals surface area contributed by atoms with Crippen molar-refractivity contribution >= 4 is 29.9 Å². The second-order valence-electron chi connectivity index (χ2n) is 4.71. The summed E-state index contributed by atoms with van der Waals surface area (Å²) in [5.41, 5.74) is 1.07. The lowest BCUT2D eigenvalue weighted by Gasteiger charge is -2.18. The Hall–Kier alpha value is -2.51. The first-order valence-corrected chi connectivity index (χ1v) is 8.19. The van der Waals surface area contributed by atoms with Crippen LogP contribution in [0.3, 0.4) is 0 Å². The maximum Gasteiger partial charge on any atom is 0.335 e. The van der Waals surface area contributed by atoms with Gasteiger partial charge in [-0.05, 0) is 22.7 Å². The maximum absolute atomic E-state index is 11.2. The minimum atomic E-state index is -0.931. The van der Waals surface area contributed by atoms with Crippen molar-refractivity contribution in [3.8, 4) is 0 Å². The van der Waals surface area contributed by atoms with Crippen LogP contribution in [0.4, 0.5) is 0 Å². The summed E-state index contributed by atoms with van der Waals surface area (Å²) in [5.74, 6) is -0.931. The molecule has 3 aromatic rings. The van der Waals surface area contributed by atoms with Crippen molar-refractivity contribution in [1.82, 2.24) is 4.98 Å². The standard InChI is InChI=1S/C18H14NO2P/c20-18(21)14-11-12-19-17(13-14)22(15-7-3-1-4-8-15)16-9-5-2-6-10-16/h1-13H,(H,20,21). The molecule has 0 aliphatic rings. The van der Waals surface area contributed by atoms with E-state index in [2.05, 4.69) is 29.2 Å². The van der Waals surface area contributed by atoms with Crippen molar-refractivity contribution in [2.75, 3.05) is 0 Å². The van der Waals surface area contributed by atoms with Gasteiger partial charge in [0.2, 0.25) is 0 Å². The second kappa shape index (κ2) is 6.50. The Morgan fingerprint density at radius 3 is 1.91 bits per heavy atom. The molecule has 0 spiro atoms. The summed E-state index contributed by atoms with van der Waals surface area (Å²) in [6, 6.07) is 23.4. The molecule has 0 radical (unpaired) electrons. The van der Waals surface area contributed by atoms with Crippen LogP contribution >= 0.6 is 7.92 Å². The third-order valence-electron chi connectivity index (χ3n) is 3.25. The monoisotopic (exact) mass is 307 g/mol. The molecular weight excluding hydrogens is 293 g/mol. The van der Waals surface area contributed by atoms with Crippen LogP contribution < -0.4 is 16.0 Å². The topological polar surface area (TPSA) is 50.2 Å². The largest absolute Gasteiger partial charge is 0.478 e. The number of carboxylic acid groups (broad SMARTS) is 1. The fraction of sp³-hybridized carbons (Fsp3) is 0. The van der Waals surface area contributed by atoms with Gasteiger partial charge < -0.3 is 5.11 Å². The SMILES string of the molecule is O=C(O)c1ccnc(P(c2ccccc2)c2ccccc2)c1. The van der Waals surface area contributed by atoms with Crippen LogP contribution in [-0.4, -0.2) is 16.1 Å². The van der Waals surface area contributed by atoms with Crippen molar-refractivity contribution in [1.29, 1.82) is 0 Å². The summed E-state index contributed by atoms with van der Waals surface area (Å²) in [6.45, 7) is 0. The number of pyridine rings is 1. The first kappa shape index (κ1) is 14.4. The van der Waals surface area contributed by atoms with Crippen molar-refractivity contribution in [2.45, 2.75) is 0 Å². The molecule has 0 aliphatic heterocycles. The van der Waals surface area contributed by atoms with E-state index in [9.17, 15) is 9.90 Å². The number of aromatic carboxylic acids is 1. The van der Waals surface area contributed by atoms with Gasteiger partial charge in [-0.25, -0.2) is 4.79 Å². The van der Waals surface area contributed by atoms with Crippen molar-refractivity contribution < 1.29 is 9.90 Å². The number of hydrogen-bond donors (Lipinski definition) is 1. The van der Waals surface area contributed by atoms with Crippen LogP contribution in [0.2, 0.25) is 0 Å². The highest BCUT2D eigenvalue weighted by Gasteiger charge is 2.18. The van der Waals surface area contributed by atoms with Crippen molar-refractivity contribution in [3.05, 3.63) is 84.6 Å². The zero-order chi connectivity index (χ0) is 15.4. The van der Waals surface area contributed by atoms with Gasteiger partial charge >= 0.3 is 5.97 Å². The number of carbonyl (C=O) groups is 1. The molecule has 0 fully saturated rings. The van der Waals surface area contributed by atoms with Gasteiger partial charge in [-0.3, -0.25) is 4.98 Å². The van der Waals surface area contributed by atoms with Gasteiger partial charge in [0.15, 0.2) is 0 Å². The molecule has 108 valence electrons. The van der Waals surface area contributed by atoms with E-state index in [0.29, 0.717) is 0 Å². The fourth-order valence-electron chi connectivity index (χ4n) is 2.24. The number of aromatic nitrogens is 1. The Bertz CT molecular complexity index is 736. The predicted octanol–water partition coefficient (Wildman–Crippen LogP) is 2.54. The molecular formula is C18H14NO2P. The highest BCUT2D eigenvalue weighted by Crippen LogP contribution is 2.31. The minimum Gasteiger partial charge on any atom is -0.478 e. The molecule has 2 aromatic carbocycles. The Morgan fingerprint density at radius 2 is 1.41 bits per heavy atom. The smallest absolute Gasteiger partial charge is 0.335 e. The normalized spacial score (nSPS) is 10.6. The van der Waals surface area contributed by atoms with E-state index in [1.54, 1.807) is 12.3 Å². The highest BCUT2D eigenvalue weighted by atomic mass is 31.1. The summed E-state index contributed by atoms with van der Waals surface area (Å²) in [4.78, 5) is 15.7. The lowest BCUT2D eigenvalue weighted by Crippen LogP contribution is -2.23. The summed E-state index contributed by atoms with van der Waals surface area (Å²) in [5, 5.41) is 11.5. The third-order valence-corrected chi connectivity index (χ3v) is 5.58. The molecule has 0 amide bonds. The van der Waals surface area contributed by atoms with E-state index < -0.39 is 13.9 Å². The molecule has 3 nitrogen and oxygen atoms in total. The Kier molecular flexibility index (Phi) is 4.27. The minimum absolute atomic E-state index is 0.268. The van der Waals surface area contributed by atoms with Crippen LogP contribution in [-0.2, 0) is 0 Å². The summed E-state index contributed by atoms with van der Waals surface area (Å²) in [7, 11) is -0.861. The molecule has 4 heteroatoms. The molecule has 0 bridgehead atoms. The van der Waals surface area contributed by atoms with Crippen LogP contribution in [0.15, 0.2) is 79.0 Å². The van der Waals surface area contributed by atoms with Crippen LogP contribution in [0.1, 0.15) is 10.4 Å². The van der Waals surface area contributed by atoms with Crippen molar-refractivity contribution in [3.63, 3.8) is 0 Å². The second-order valence-corrected chi connectivity index (χ2v) is 6.88. The van der Waals surface area contributed by atoms with Gasteiger partial charge in [-0.1, -0.05) is 60.7 Å². The highest BCUT2D eigenvalue weighted by molar-refractivity contribution is 7.79. The molecule has 0 saturated carbocycles. The van der Waals surface area contributed by atoms with E-state index in [1.807, 2.05) is 36.4 Å². The summed E-state index contributed by atoms with van der Waals surface area (Å²) in [6.07, 6.45) is 1.57. The van der Waals surface area contributed by atoms with Gasteiger partial charge in [0.05, 0.1) is 11.0 Å². The average Bonchev–Trinajstić information content (AvgIpc) is 2.57. The van der Waals surface area contributed by atoms with Gasteiger partial charge in [0.25, 0.3) is 0 Å². The van der Waals surface area contributed by atoms with Crippen LogP contribution in [0.5, 0.6) is 0 Å². The molecule has 3 rings (SSSR count). The Labute approximate surface area is 130 Å². The van der Waals surface area contributed by atoms with E-state index in [1.165, 1.54) is 6.07 Å². The molecule has 0 saturated heterocycles. The molecule has 22 heavy (non-hydrogen) atoms. The van der Waals surface area contributed by atoms with Crippen molar-refractivity contribution in [2.24, 2.45) is 0 Å². The lowest BCUT2D eigenvalue weighted by molar-refractivity contribution is 0.0697. The van der Waals surface area contributed by atoms with E-state index in [4.69, 9.17) is 0 Å².